The summed E-state index contributed by atoms with van der Waals surface area (Å²) in [6.45, 7) is 4.38. The fraction of sp³-hybridized carbons (Fsp3) is 0.385. The van der Waals surface area contributed by atoms with Crippen LogP contribution in [0.15, 0.2) is 27.6 Å². The summed E-state index contributed by atoms with van der Waals surface area (Å²) < 4.78 is 0.793. The molecule has 1 aromatic carbocycles. The number of carboxylic acids is 1. The number of carboxylic acid groups (broad SMARTS) is 1. The number of nitrogens with one attached hydrogen (secondary N) is 1. The monoisotopic (exact) mass is 345 g/mol. The maximum absolute atomic E-state index is 11.8. The number of thioether (sulfide) groups is 1. The van der Waals surface area contributed by atoms with Crippen LogP contribution in [0.1, 0.15) is 30.6 Å². The Kier molecular flexibility index (Phi) is 6.37. The fourth-order valence-electron chi connectivity index (χ4n) is 1.41. The number of aromatic carboxylic acids is 1. The second-order valence-corrected chi connectivity index (χ2v) is 6.30. The molecule has 0 radical (unpaired) electrons. The molecule has 0 aliphatic heterocycles. The lowest BCUT2D eigenvalue weighted by molar-refractivity contribution is -0.120. The molecule has 0 saturated heterocycles. The molecule has 1 rings (SSSR count). The predicted molar refractivity (Wildman–Crippen MR) is 79.7 cm³/mol. The van der Waals surface area contributed by atoms with E-state index in [2.05, 4.69) is 21.2 Å². The van der Waals surface area contributed by atoms with Crippen LogP contribution in [0.25, 0.3) is 0 Å². The molecule has 104 valence electrons. The van der Waals surface area contributed by atoms with Crippen molar-refractivity contribution >= 4 is 39.6 Å². The Morgan fingerprint density at radius 3 is 2.74 bits per heavy atom. The highest BCUT2D eigenvalue weighted by atomic mass is 79.9. The zero-order valence-corrected chi connectivity index (χ0v) is 13.2. The number of hydrogen-bond acceptors (Lipinski definition) is 3. The second kappa shape index (κ2) is 7.55. The lowest BCUT2D eigenvalue weighted by Gasteiger charge is -2.13. The van der Waals surface area contributed by atoms with Gasteiger partial charge in [-0.1, -0.05) is 22.9 Å². The molecule has 0 spiro atoms. The number of carbonyl (C=O) groups is 2. The Balaban J connectivity index is 2.83. The van der Waals surface area contributed by atoms with Gasteiger partial charge >= 0.3 is 5.97 Å². The summed E-state index contributed by atoms with van der Waals surface area (Å²) in [5.74, 6) is -1.07. The van der Waals surface area contributed by atoms with E-state index in [4.69, 9.17) is 5.11 Å². The van der Waals surface area contributed by atoms with Crippen molar-refractivity contribution in [1.82, 2.24) is 5.32 Å². The zero-order chi connectivity index (χ0) is 14.4. The van der Waals surface area contributed by atoms with Gasteiger partial charge in [-0.05, 0) is 31.5 Å². The van der Waals surface area contributed by atoms with Gasteiger partial charge in [0.15, 0.2) is 0 Å². The molecular formula is C13H16BrNO3S. The number of hydrogen-bond donors (Lipinski definition) is 2. The summed E-state index contributed by atoms with van der Waals surface area (Å²) in [5.41, 5.74) is 0.211. The Labute approximate surface area is 125 Å². The van der Waals surface area contributed by atoms with Gasteiger partial charge in [0.25, 0.3) is 0 Å². The molecule has 0 heterocycles. The van der Waals surface area contributed by atoms with Crippen molar-refractivity contribution in [2.75, 3.05) is 6.54 Å². The summed E-state index contributed by atoms with van der Waals surface area (Å²) >= 11 is 4.56. The molecule has 19 heavy (non-hydrogen) atoms. The SMILES string of the molecule is CCCNC(=O)C(C)Sc1cc(Br)ccc1C(=O)O. The minimum atomic E-state index is -0.990. The van der Waals surface area contributed by atoms with Gasteiger partial charge in [-0.15, -0.1) is 11.8 Å². The van der Waals surface area contributed by atoms with Crippen LogP contribution >= 0.6 is 27.7 Å². The van der Waals surface area contributed by atoms with Gasteiger partial charge in [-0.25, -0.2) is 4.79 Å². The van der Waals surface area contributed by atoms with E-state index in [1.54, 1.807) is 19.1 Å². The van der Waals surface area contributed by atoms with Crippen LogP contribution in [0.5, 0.6) is 0 Å². The third-order valence-corrected chi connectivity index (χ3v) is 4.05. The normalized spacial score (nSPS) is 11.9. The summed E-state index contributed by atoms with van der Waals surface area (Å²) in [4.78, 5) is 23.5. The van der Waals surface area contributed by atoms with Crippen molar-refractivity contribution in [3.05, 3.63) is 28.2 Å². The maximum Gasteiger partial charge on any atom is 0.336 e. The topological polar surface area (TPSA) is 66.4 Å². The highest BCUT2D eigenvalue weighted by Gasteiger charge is 2.18. The van der Waals surface area contributed by atoms with Crippen molar-refractivity contribution in [1.29, 1.82) is 0 Å². The smallest absolute Gasteiger partial charge is 0.336 e. The number of amides is 1. The van der Waals surface area contributed by atoms with Crippen molar-refractivity contribution in [2.24, 2.45) is 0 Å². The van der Waals surface area contributed by atoms with E-state index in [1.165, 1.54) is 17.8 Å². The number of halogens is 1. The number of carbonyl (C=O) groups excluding carboxylic acids is 1. The van der Waals surface area contributed by atoms with Crippen molar-refractivity contribution in [3.8, 4) is 0 Å². The first kappa shape index (κ1) is 16.0. The largest absolute Gasteiger partial charge is 0.478 e. The first-order chi connectivity index (χ1) is 8.95. The average Bonchev–Trinajstić information content (AvgIpc) is 2.35. The molecule has 0 aliphatic carbocycles. The fourth-order valence-corrected chi connectivity index (χ4v) is 2.97. The Hall–Kier alpha value is -1.01. The molecule has 1 aromatic rings. The van der Waals surface area contributed by atoms with Gasteiger partial charge in [-0.3, -0.25) is 4.79 Å². The summed E-state index contributed by atoms with van der Waals surface area (Å²) in [6, 6.07) is 4.93. The molecule has 1 amide bonds. The van der Waals surface area contributed by atoms with Crippen LogP contribution in [0.4, 0.5) is 0 Å². The van der Waals surface area contributed by atoms with Gasteiger partial charge in [0, 0.05) is 15.9 Å². The molecule has 4 nitrogen and oxygen atoms in total. The van der Waals surface area contributed by atoms with Gasteiger partial charge in [0.05, 0.1) is 10.8 Å². The quantitative estimate of drug-likeness (QED) is 0.777. The third-order valence-electron chi connectivity index (χ3n) is 2.40. The van der Waals surface area contributed by atoms with E-state index in [9.17, 15) is 9.59 Å². The van der Waals surface area contributed by atoms with E-state index < -0.39 is 5.97 Å². The van der Waals surface area contributed by atoms with Crippen LogP contribution in [0.3, 0.4) is 0 Å². The molecular weight excluding hydrogens is 330 g/mol. The third kappa shape index (κ3) is 4.87. The Morgan fingerprint density at radius 1 is 1.47 bits per heavy atom. The van der Waals surface area contributed by atoms with Gasteiger partial charge < -0.3 is 10.4 Å². The van der Waals surface area contributed by atoms with Gasteiger partial charge in [-0.2, -0.15) is 0 Å². The lowest BCUT2D eigenvalue weighted by Crippen LogP contribution is -2.31. The number of benzene rings is 1. The molecule has 0 aliphatic rings. The first-order valence-corrected chi connectivity index (χ1v) is 7.60. The van der Waals surface area contributed by atoms with E-state index in [0.717, 1.165) is 10.9 Å². The van der Waals surface area contributed by atoms with Gasteiger partial charge in [0.2, 0.25) is 5.91 Å². The molecule has 0 saturated carbocycles. The van der Waals surface area contributed by atoms with E-state index in [1.807, 2.05) is 6.92 Å². The molecule has 6 heteroatoms. The highest BCUT2D eigenvalue weighted by Crippen LogP contribution is 2.29. The molecule has 0 fully saturated rings. The van der Waals surface area contributed by atoms with Crippen LogP contribution < -0.4 is 5.32 Å². The van der Waals surface area contributed by atoms with Crippen LogP contribution in [0, 0.1) is 0 Å². The van der Waals surface area contributed by atoms with Gasteiger partial charge in [0.1, 0.15) is 0 Å². The second-order valence-electron chi connectivity index (χ2n) is 4.00. The minimum Gasteiger partial charge on any atom is -0.478 e. The van der Waals surface area contributed by atoms with Crippen LogP contribution in [-0.4, -0.2) is 28.8 Å². The minimum absolute atomic E-state index is 0.0804. The predicted octanol–water partition coefficient (Wildman–Crippen LogP) is 3.15. The number of rotatable bonds is 6. The Bertz CT molecular complexity index is 479. The maximum atomic E-state index is 11.8. The Morgan fingerprint density at radius 2 is 2.16 bits per heavy atom. The molecule has 1 unspecified atom stereocenters. The summed E-state index contributed by atoms with van der Waals surface area (Å²) in [6.07, 6.45) is 0.875. The average molecular weight is 346 g/mol. The summed E-state index contributed by atoms with van der Waals surface area (Å²) in [7, 11) is 0. The van der Waals surface area contributed by atoms with E-state index in [0.29, 0.717) is 11.4 Å². The van der Waals surface area contributed by atoms with E-state index in [-0.39, 0.29) is 16.7 Å². The summed E-state index contributed by atoms with van der Waals surface area (Å²) in [5, 5.41) is 11.6. The first-order valence-electron chi connectivity index (χ1n) is 5.93. The van der Waals surface area contributed by atoms with Crippen molar-refractivity contribution < 1.29 is 14.7 Å². The van der Waals surface area contributed by atoms with Crippen molar-refractivity contribution in [2.45, 2.75) is 30.4 Å². The van der Waals surface area contributed by atoms with Crippen LogP contribution in [0.2, 0.25) is 0 Å². The highest BCUT2D eigenvalue weighted by molar-refractivity contribution is 9.10. The van der Waals surface area contributed by atoms with Crippen molar-refractivity contribution in [3.63, 3.8) is 0 Å². The lowest BCUT2D eigenvalue weighted by atomic mass is 10.2. The molecule has 0 bridgehead atoms. The molecule has 0 aromatic heterocycles. The van der Waals surface area contributed by atoms with Crippen LogP contribution in [-0.2, 0) is 4.79 Å². The zero-order valence-electron chi connectivity index (χ0n) is 10.8. The molecule has 1 atom stereocenters. The van der Waals surface area contributed by atoms with E-state index >= 15 is 0 Å². The molecule has 2 N–H and O–H groups in total. The standard InChI is InChI=1S/C13H16BrNO3S/c1-3-6-15-12(16)8(2)19-11-7-9(14)4-5-10(11)13(17)18/h4-5,7-8H,3,6H2,1-2H3,(H,15,16)(H,17,18).